The van der Waals surface area contributed by atoms with Gasteiger partial charge in [-0.05, 0) is 24.3 Å². The minimum Gasteiger partial charge on any atom is -0.383 e. The predicted molar refractivity (Wildman–Crippen MR) is 90.9 cm³/mol. The maximum atomic E-state index is 9.42. The van der Waals surface area contributed by atoms with Crippen molar-refractivity contribution in [3.63, 3.8) is 0 Å². The first kappa shape index (κ1) is 14.4. The second-order valence-electron chi connectivity index (χ2n) is 4.91. The molecule has 0 amide bonds. The molecule has 0 unspecified atom stereocenters. The minimum absolute atomic E-state index is 0.243. The minimum atomic E-state index is 0.243. The molecule has 0 aliphatic carbocycles. The second-order valence-corrected chi connectivity index (χ2v) is 5.77. The number of nitrogen functional groups attached to an aromatic ring is 1. The molecule has 0 bridgehead atoms. The summed E-state index contributed by atoms with van der Waals surface area (Å²) in [6, 6.07) is 15.8. The molecule has 5 heteroatoms. The average Bonchev–Trinajstić information content (AvgIpc) is 2.93. The highest BCUT2D eigenvalue weighted by atomic mass is 79.9. The molecule has 0 spiro atoms. The summed E-state index contributed by atoms with van der Waals surface area (Å²) in [4.78, 5) is 4.39. The summed E-state index contributed by atoms with van der Waals surface area (Å²) in [5.74, 6) is 0.243. The molecule has 1 aromatic carbocycles. The molecule has 0 aliphatic rings. The number of nitrogens with zero attached hydrogens (tertiary/aromatic N) is 3. The van der Waals surface area contributed by atoms with Crippen LogP contribution in [0.4, 0.5) is 5.82 Å². The maximum absolute atomic E-state index is 9.42. The number of aromatic nitrogens is 2. The van der Waals surface area contributed by atoms with Crippen molar-refractivity contribution in [1.29, 1.82) is 5.26 Å². The third kappa shape index (κ3) is 2.38. The van der Waals surface area contributed by atoms with E-state index in [1.165, 1.54) is 0 Å². The highest BCUT2D eigenvalue weighted by Gasteiger charge is 2.15. The second kappa shape index (κ2) is 5.66. The van der Waals surface area contributed by atoms with E-state index >= 15 is 0 Å². The van der Waals surface area contributed by atoms with Crippen molar-refractivity contribution < 1.29 is 0 Å². The number of aryl methyl sites for hydroxylation is 1. The van der Waals surface area contributed by atoms with E-state index in [9.17, 15) is 5.26 Å². The van der Waals surface area contributed by atoms with Gasteiger partial charge in [0.15, 0.2) is 0 Å². The number of nitrogens with two attached hydrogens (primary N) is 1. The van der Waals surface area contributed by atoms with Gasteiger partial charge in [-0.25, -0.2) is 4.98 Å². The lowest BCUT2D eigenvalue weighted by molar-refractivity contribution is 0.936. The Bertz CT molecular complexity index is 890. The van der Waals surface area contributed by atoms with Gasteiger partial charge >= 0.3 is 0 Å². The molecular weight excluding hydrogens is 340 g/mol. The van der Waals surface area contributed by atoms with Crippen LogP contribution in [0.2, 0.25) is 0 Å². The van der Waals surface area contributed by atoms with Crippen LogP contribution in [0, 0.1) is 11.3 Å². The van der Waals surface area contributed by atoms with Gasteiger partial charge in [-0.2, -0.15) is 5.26 Å². The molecule has 2 aromatic heterocycles. The lowest BCUT2D eigenvalue weighted by atomic mass is 10.0. The Morgan fingerprint density at radius 3 is 2.59 bits per heavy atom. The van der Waals surface area contributed by atoms with Gasteiger partial charge in [0.2, 0.25) is 0 Å². The Labute approximate surface area is 137 Å². The van der Waals surface area contributed by atoms with E-state index in [0.717, 1.165) is 27.0 Å². The van der Waals surface area contributed by atoms with Crippen LogP contribution in [0.5, 0.6) is 0 Å². The maximum Gasteiger partial charge on any atom is 0.142 e. The summed E-state index contributed by atoms with van der Waals surface area (Å²) < 4.78 is 2.89. The van der Waals surface area contributed by atoms with Crippen LogP contribution in [0.1, 0.15) is 5.56 Å². The quantitative estimate of drug-likeness (QED) is 0.758. The van der Waals surface area contributed by atoms with Crippen LogP contribution in [-0.4, -0.2) is 9.55 Å². The highest BCUT2D eigenvalue weighted by Crippen LogP contribution is 2.33. The summed E-state index contributed by atoms with van der Waals surface area (Å²) >= 11 is 3.53. The number of hydrogen-bond acceptors (Lipinski definition) is 3. The zero-order chi connectivity index (χ0) is 15.7. The molecular formula is C17H13BrN4. The number of benzene rings is 1. The monoisotopic (exact) mass is 352 g/mol. The van der Waals surface area contributed by atoms with Gasteiger partial charge in [0.25, 0.3) is 0 Å². The molecule has 4 nitrogen and oxygen atoms in total. The summed E-state index contributed by atoms with van der Waals surface area (Å²) in [5, 5.41) is 9.42. The van der Waals surface area contributed by atoms with Crippen LogP contribution in [0.15, 0.2) is 53.1 Å². The molecule has 22 heavy (non-hydrogen) atoms. The smallest absolute Gasteiger partial charge is 0.142 e. The lowest BCUT2D eigenvalue weighted by Gasteiger charge is -2.11. The van der Waals surface area contributed by atoms with Gasteiger partial charge < -0.3 is 10.3 Å². The first-order valence-electron chi connectivity index (χ1n) is 6.69. The first-order chi connectivity index (χ1) is 10.6. The predicted octanol–water partition coefficient (Wildman–Crippen LogP) is 3.97. The molecule has 0 saturated heterocycles. The van der Waals surface area contributed by atoms with Crippen molar-refractivity contribution in [2.45, 2.75) is 0 Å². The molecule has 0 aliphatic heterocycles. The van der Waals surface area contributed by atoms with Crippen LogP contribution < -0.4 is 5.73 Å². The van der Waals surface area contributed by atoms with Gasteiger partial charge in [-0.1, -0.05) is 34.1 Å². The summed E-state index contributed by atoms with van der Waals surface area (Å²) in [5.41, 5.74) is 9.81. The van der Waals surface area contributed by atoms with Gasteiger partial charge in [0.05, 0.1) is 5.69 Å². The molecule has 3 aromatic rings. The normalized spacial score (nSPS) is 10.4. The summed E-state index contributed by atoms with van der Waals surface area (Å²) in [6.45, 7) is 0. The van der Waals surface area contributed by atoms with Gasteiger partial charge in [0.1, 0.15) is 17.5 Å². The summed E-state index contributed by atoms with van der Waals surface area (Å²) in [6.07, 6.45) is 1.94. The molecule has 2 N–H and O–H groups in total. The largest absolute Gasteiger partial charge is 0.383 e. The zero-order valence-corrected chi connectivity index (χ0v) is 13.5. The average molecular weight is 353 g/mol. The Morgan fingerprint density at radius 2 is 1.95 bits per heavy atom. The number of nitriles is 1. The highest BCUT2D eigenvalue weighted by molar-refractivity contribution is 9.10. The van der Waals surface area contributed by atoms with Crippen molar-refractivity contribution in [1.82, 2.24) is 9.55 Å². The Kier molecular flexibility index (Phi) is 3.70. The number of pyridine rings is 1. The first-order valence-corrected chi connectivity index (χ1v) is 7.48. The third-order valence-electron chi connectivity index (χ3n) is 3.53. The van der Waals surface area contributed by atoms with E-state index in [1.807, 2.05) is 60.3 Å². The van der Waals surface area contributed by atoms with Crippen molar-refractivity contribution in [2.75, 3.05) is 5.73 Å². The van der Waals surface area contributed by atoms with Crippen LogP contribution in [-0.2, 0) is 7.05 Å². The molecule has 108 valence electrons. The fourth-order valence-corrected chi connectivity index (χ4v) is 2.92. The van der Waals surface area contributed by atoms with Crippen molar-refractivity contribution >= 4 is 21.7 Å². The van der Waals surface area contributed by atoms with E-state index in [-0.39, 0.29) is 5.82 Å². The van der Waals surface area contributed by atoms with E-state index in [4.69, 9.17) is 5.73 Å². The van der Waals surface area contributed by atoms with Gasteiger partial charge in [0, 0.05) is 34.5 Å². The van der Waals surface area contributed by atoms with Crippen molar-refractivity contribution in [3.8, 4) is 28.6 Å². The Morgan fingerprint density at radius 1 is 1.18 bits per heavy atom. The van der Waals surface area contributed by atoms with Crippen LogP contribution in [0.3, 0.4) is 0 Å². The van der Waals surface area contributed by atoms with E-state index < -0.39 is 0 Å². The molecule has 2 heterocycles. The van der Waals surface area contributed by atoms with Crippen LogP contribution in [0.25, 0.3) is 22.5 Å². The summed E-state index contributed by atoms with van der Waals surface area (Å²) in [7, 11) is 1.94. The number of hydrogen-bond donors (Lipinski definition) is 1. The Balaban J connectivity index is 2.29. The zero-order valence-electron chi connectivity index (χ0n) is 11.9. The molecule has 3 rings (SSSR count). The molecule has 0 saturated carbocycles. The SMILES string of the molecule is Cn1cccc1-c1cc(-c2ccccc2Br)nc(N)c1C#N. The van der Waals surface area contributed by atoms with Crippen molar-refractivity contribution in [3.05, 3.63) is 58.7 Å². The number of rotatable bonds is 2. The third-order valence-corrected chi connectivity index (χ3v) is 4.22. The standard InChI is InChI=1S/C17H13BrN4/c1-22-8-4-7-16(22)12-9-15(21-17(20)13(12)10-19)11-5-2-3-6-14(11)18/h2-9H,1H3,(H2,20,21). The fraction of sp³-hybridized carbons (Fsp3) is 0.0588. The lowest BCUT2D eigenvalue weighted by Crippen LogP contribution is -2.01. The number of halogens is 1. The van der Waals surface area contributed by atoms with E-state index in [1.54, 1.807) is 0 Å². The van der Waals surface area contributed by atoms with E-state index in [2.05, 4.69) is 27.0 Å². The van der Waals surface area contributed by atoms with Gasteiger partial charge in [-0.3, -0.25) is 0 Å². The number of anilines is 1. The topological polar surface area (TPSA) is 67.6 Å². The molecule has 0 radical (unpaired) electrons. The van der Waals surface area contributed by atoms with Crippen molar-refractivity contribution in [2.24, 2.45) is 7.05 Å². The fourth-order valence-electron chi connectivity index (χ4n) is 2.43. The molecule has 0 fully saturated rings. The van der Waals surface area contributed by atoms with Gasteiger partial charge in [-0.15, -0.1) is 0 Å². The van der Waals surface area contributed by atoms with Crippen LogP contribution >= 0.6 is 15.9 Å². The molecule has 0 atom stereocenters. The Hall–Kier alpha value is -2.58. The van der Waals surface area contributed by atoms with E-state index in [0.29, 0.717) is 5.56 Å².